The summed E-state index contributed by atoms with van der Waals surface area (Å²) in [5.74, 6) is -3.30. The molecule has 5 nitrogen and oxygen atoms in total. The number of alkyl halides is 3. The van der Waals surface area contributed by atoms with E-state index in [0.717, 1.165) is 24.3 Å². The minimum Gasteiger partial charge on any atom is -0.488 e. The van der Waals surface area contributed by atoms with Gasteiger partial charge in [-0.2, -0.15) is 13.2 Å². The maximum absolute atomic E-state index is 14.2. The number of nitrogens with one attached hydrogen (secondary N) is 1. The van der Waals surface area contributed by atoms with Crippen LogP contribution in [0.2, 0.25) is 0 Å². The van der Waals surface area contributed by atoms with Crippen LogP contribution >= 0.6 is 0 Å². The van der Waals surface area contributed by atoms with Crippen LogP contribution in [0.15, 0.2) is 78.9 Å². The Bertz CT molecular complexity index is 1580. The van der Waals surface area contributed by atoms with E-state index in [1.54, 1.807) is 25.1 Å². The van der Waals surface area contributed by atoms with Crippen LogP contribution in [-0.4, -0.2) is 17.0 Å². The predicted octanol–water partition coefficient (Wildman–Crippen LogP) is 7.94. The standard InChI is InChI=1S/C30H22F5NO4/c1-2-28(37)36-22-12-18(11-19(13-22)29(38)39)23-5-3-4-6-24(23)25-14-20(30(33,34)35)8-10-27(25)40-16-17-7-9-21(31)15-26(17)32/h3-15H,2,16H2,1H3,(H,36,37)(H,38,39). The van der Waals surface area contributed by atoms with Gasteiger partial charge in [-0.1, -0.05) is 31.2 Å². The second-order valence-corrected chi connectivity index (χ2v) is 8.78. The fourth-order valence-corrected chi connectivity index (χ4v) is 4.03. The van der Waals surface area contributed by atoms with Crippen molar-refractivity contribution in [1.29, 1.82) is 0 Å². The summed E-state index contributed by atoms with van der Waals surface area (Å²) in [7, 11) is 0. The molecule has 0 bridgehead atoms. The van der Waals surface area contributed by atoms with Crippen molar-refractivity contribution >= 4 is 17.6 Å². The largest absolute Gasteiger partial charge is 0.488 e. The summed E-state index contributed by atoms with van der Waals surface area (Å²) in [6, 6.07) is 16.2. The van der Waals surface area contributed by atoms with Crippen LogP contribution in [0.3, 0.4) is 0 Å². The molecule has 4 aromatic rings. The van der Waals surface area contributed by atoms with Gasteiger partial charge in [-0.05, 0) is 65.2 Å². The van der Waals surface area contributed by atoms with Gasteiger partial charge in [0.25, 0.3) is 0 Å². The minimum absolute atomic E-state index is 0.00724. The Hall–Kier alpha value is -4.73. The Morgan fingerprint density at radius 2 is 1.60 bits per heavy atom. The molecular formula is C30H22F5NO4. The molecule has 0 unspecified atom stereocenters. The van der Waals surface area contributed by atoms with Gasteiger partial charge in [0.15, 0.2) is 0 Å². The molecule has 0 aliphatic heterocycles. The summed E-state index contributed by atoms with van der Waals surface area (Å²) >= 11 is 0. The van der Waals surface area contributed by atoms with E-state index < -0.39 is 36.0 Å². The lowest BCUT2D eigenvalue weighted by Gasteiger charge is -2.18. The zero-order valence-electron chi connectivity index (χ0n) is 21.0. The van der Waals surface area contributed by atoms with Crippen molar-refractivity contribution < 1.29 is 41.4 Å². The molecule has 0 saturated carbocycles. The average Bonchev–Trinajstić information content (AvgIpc) is 2.91. The van der Waals surface area contributed by atoms with Gasteiger partial charge >= 0.3 is 12.1 Å². The van der Waals surface area contributed by atoms with Gasteiger partial charge in [-0.25, -0.2) is 13.6 Å². The number of amides is 1. The molecular weight excluding hydrogens is 533 g/mol. The highest BCUT2D eigenvalue weighted by Crippen LogP contribution is 2.42. The van der Waals surface area contributed by atoms with Crippen molar-refractivity contribution in [3.63, 3.8) is 0 Å². The van der Waals surface area contributed by atoms with E-state index in [0.29, 0.717) is 17.2 Å². The van der Waals surface area contributed by atoms with Gasteiger partial charge in [0.2, 0.25) is 5.91 Å². The lowest BCUT2D eigenvalue weighted by Crippen LogP contribution is -2.10. The Labute approximate surface area is 225 Å². The molecule has 0 aliphatic carbocycles. The maximum atomic E-state index is 14.2. The van der Waals surface area contributed by atoms with E-state index in [1.807, 2.05) is 0 Å². The van der Waals surface area contributed by atoms with Gasteiger partial charge in [-0.15, -0.1) is 0 Å². The molecule has 40 heavy (non-hydrogen) atoms. The monoisotopic (exact) mass is 555 g/mol. The van der Waals surface area contributed by atoms with Crippen LogP contribution in [0.5, 0.6) is 5.75 Å². The van der Waals surface area contributed by atoms with E-state index in [-0.39, 0.29) is 46.0 Å². The highest BCUT2D eigenvalue weighted by Gasteiger charge is 2.31. The van der Waals surface area contributed by atoms with Gasteiger partial charge in [-0.3, -0.25) is 4.79 Å². The number of carbonyl (C=O) groups is 2. The highest BCUT2D eigenvalue weighted by molar-refractivity contribution is 5.97. The number of aromatic carboxylic acids is 1. The van der Waals surface area contributed by atoms with E-state index in [2.05, 4.69) is 5.32 Å². The predicted molar refractivity (Wildman–Crippen MR) is 139 cm³/mol. The number of ether oxygens (including phenoxy) is 1. The van der Waals surface area contributed by atoms with Gasteiger partial charge in [0.1, 0.15) is 24.0 Å². The third kappa shape index (κ3) is 6.45. The first-order valence-corrected chi connectivity index (χ1v) is 12.0. The molecule has 0 aliphatic rings. The van der Waals surface area contributed by atoms with Gasteiger partial charge in [0, 0.05) is 29.3 Å². The number of halogens is 5. The summed E-state index contributed by atoms with van der Waals surface area (Å²) in [6.45, 7) is 1.23. The van der Waals surface area contributed by atoms with Crippen LogP contribution in [0, 0.1) is 11.6 Å². The minimum atomic E-state index is -4.69. The van der Waals surface area contributed by atoms with Crippen LogP contribution in [0.25, 0.3) is 22.3 Å². The molecule has 0 fully saturated rings. The molecule has 0 spiro atoms. The van der Waals surface area contributed by atoms with Crippen molar-refractivity contribution in [1.82, 2.24) is 0 Å². The first-order chi connectivity index (χ1) is 19.0. The van der Waals surface area contributed by atoms with Gasteiger partial charge < -0.3 is 15.2 Å². The van der Waals surface area contributed by atoms with E-state index in [4.69, 9.17) is 4.74 Å². The third-order valence-electron chi connectivity index (χ3n) is 6.02. The molecule has 10 heteroatoms. The molecule has 4 aromatic carbocycles. The number of anilines is 1. The van der Waals surface area contributed by atoms with Crippen molar-refractivity contribution in [3.8, 4) is 28.0 Å². The quantitative estimate of drug-likeness (QED) is 0.217. The van der Waals surface area contributed by atoms with E-state index in [1.165, 1.54) is 30.3 Å². The maximum Gasteiger partial charge on any atom is 0.416 e. The summed E-state index contributed by atoms with van der Waals surface area (Å²) in [5.41, 5.74) is 0.0181. The van der Waals surface area contributed by atoms with Crippen LogP contribution in [0.1, 0.15) is 34.8 Å². The fourth-order valence-electron chi connectivity index (χ4n) is 4.03. The number of rotatable bonds is 8. The van der Waals surface area contributed by atoms with Crippen molar-refractivity contribution in [3.05, 3.63) is 107 Å². The zero-order chi connectivity index (χ0) is 29.0. The lowest BCUT2D eigenvalue weighted by atomic mass is 9.92. The van der Waals surface area contributed by atoms with Crippen LogP contribution in [-0.2, 0) is 17.6 Å². The van der Waals surface area contributed by atoms with Gasteiger partial charge in [0.05, 0.1) is 11.1 Å². The van der Waals surface area contributed by atoms with E-state index in [9.17, 15) is 36.6 Å². The van der Waals surface area contributed by atoms with Crippen LogP contribution in [0.4, 0.5) is 27.6 Å². The van der Waals surface area contributed by atoms with Crippen molar-refractivity contribution in [2.75, 3.05) is 5.32 Å². The molecule has 0 heterocycles. The molecule has 0 atom stereocenters. The Balaban J connectivity index is 1.86. The normalized spacial score (nSPS) is 11.2. The smallest absolute Gasteiger partial charge is 0.416 e. The number of benzene rings is 4. The molecule has 1 amide bonds. The summed E-state index contributed by atoms with van der Waals surface area (Å²) in [6.07, 6.45) is -4.55. The molecule has 0 saturated heterocycles. The number of carboxylic acids is 1. The number of carbonyl (C=O) groups excluding carboxylic acids is 1. The zero-order valence-corrected chi connectivity index (χ0v) is 21.0. The van der Waals surface area contributed by atoms with Crippen LogP contribution < -0.4 is 10.1 Å². The first-order valence-electron chi connectivity index (χ1n) is 12.0. The Kier molecular flexibility index (Phi) is 8.18. The molecule has 4 rings (SSSR count). The van der Waals surface area contributed by atoms with Crippen molar-refractivity contribution in [2.45, 2.75) is 26.1 Å². The summed E-state index contributed by atoms with van der Waals surface area (Å²) in [4.78, 5) is 23.8. The fraction of sp³-hybridized carbons (Fsp3) is 0.133. The lowest BCUT2D eigenvalue weighted by molar-refractivity contribution is -0.137. The first kappa shape index (κ1) is 28.3. The van der Waals surface area contributed by atoms with E-state index >= 15 is 0 Å². The topological polar surface area (TPSA) is 75.6 Å². The SMILES string of the molecule is CCC(=O)Nc1cc(C(=O)O)cc(-c2ccccc2-c2cc(C(F)(F)F)ccc2OCc2ccc(F)cc2F)c1. The molecule has 206 valence electrons. The Morgan fingerprint density at radius 3 is 2.25 bits per heavy atom. The summed E-state index contributed by atoms with van der Waals surface area (Å²) < 4.78 is 74.3. The molecule has 2 N–H and O–H groups in total. The number of hydrogen-bond donors (Lipinski definition) is 2. The number of hydrogen-bond acceptors (Lipinski definition) is 3. The average molecular weight is 555 g/mol. The second-order valence-electron chi connectivity index (χ2n) is 8.78. The second kappa shape index (κ2) is 11.6. The highest BCUT2D eigenvalue weighted by atomic mass is 19.4. The molecule has 0 radical (unpaired) electrons. The van der Waals surface area contributed by atoms with Crippen molar-refractivity contribution in [2.24, 2.45) is 0 Å². The molecule has 0 aromatic heterocycles. The Morgan fingerprint density at radius 1 is 0.875 bits per heavy atom. The number of carboxylic acid groups (broad SMARTS) is 1. The summed E-state index contributed by atoms with van der Waals surface area (Å²) in [5, 5.41) is 12.2. The third-order valence-corrected chi connectivity index (χ3v) is 6.02.